The number of ether oxygens (including phenoxy) is 1. The van der Waals surface area contributed by atoms with E-state index in [9.17, 15) is 4.79 Å². The average molecular weight is 199 g/mol. The molecule has 14 heavy (non-hydrogen) atoms. The molecule has 0 rings (SSSR count). The summed E-state index contributed by atoms with van der Waals surface area (Å²) in [5.41, 5.74) is -0.402. The van der Waals surface area contributed by atoms with Crippen LogP contribution in [0.5, 0.6) is 0 Å². The van der Waals surface area contributed by atoms with E-state index >= 15 is 0 Å². The van der Waals surface area contributed by atoms with Crippen LogP contribution in [-0.4, -0.2) is 24.2 Å². The van der Waals surface area contributed by atoms with Crippen molar-refractivity contribution < 1.29 is 9.53 Å². The molecule has 0 amide bonds. The number of carbonyl (C=O) groups is 1. The first kappa shape index (κ1) is 13.2. The lowest BCUT2D eigenvalue weighted by atomic mass is 10.2. The predicted octanol–water partition coefficient (Wildman–Crippen LogP) is 1.88. The fraction of sp³-hybridized carbons (Fsp3) is 0.727. The van der Waals surface area contributed by atoms with E-state index in [1.807, 2.05) is 33.8 Å². The summed E-state index contributed by atoms with van der Waals surface area (Å²) in [6, 6.07) is 0.264. The van der Waals surface area contributed by atoms with E-state index in [0.29, 0.717) is 0 Å². The molecule has 3 nitrogen and oxygen atoms in total. The van der Waals surface area contributed by atoms with Crippen LogP contribution in [0.2, 0.25) is 0 Å². The van der Waals surface area contributed by atoms with Gasteiger partial charge >= 0.3 is 5.97 Å². The van der Waals surface area contributed by atoms with Crippen molar-refractivity contribution in [2.24, 2.45) is 0 Å². The minimum Gasteiger partial charge on any atom is -0.459 e. The SMILES string of the molecule is C=CC[C@H](C)NCC(=O)OC(C)(C)C. The standard InChI is InChI=1S/C11H21NO2/c1-6-7-9(2)12-8-10(13)14-11(3,4)5/h6,9,12H,1,7-8H2,2-5H3/t9-/m0/s1. The summed E-state index contributed by atoms with van der Waals surface area (Å²) in [6.07, 6.45) is 2.68. The second-order valence-electron chi connectivity index (χ2n) is 4.39. The van der Waals surface area contributed by atoms with E-state index in [-0.39, 0.29) is 18.6 Å². The molecular weight excluding hydrogens is 178 g/mol. The first-order valence-electron chi connectivity index (χ1n) is 4.91. The first-order chi connectivity index (χ1) is 6.35. The maximum Gasteiger partial charge on any atom is 0.320 e. The lowest BCUT2D eigenvalue weighted by Gasteiger charge is -2.20. The third kappa shape index (κ3) is 7.80. The fourth-order valence-electron chi connectivity index (χ4n) is 0.968. The molecule has 0 aliphatic carbocycles. The van der Waals surface area contributed by atoms with Crippen LogP contribution in [0.25, 0.3) is 0 Å². The Morgan fingerprint density at radius 1 is 1.57 bits per heavy atom. The molecule has 0 heterocycles. The molecule has 0 aliphatic heterocycles. The zero-order valence-corrected chi connectivity index (χ0v) is 9.59. The summed E-state index contributed by atoms with van der Waals surface area (Å²) in [4.78, 5) is 11.3. The Kier molecular flexibility index (Phi) is 5.46. The highest BCUT2D eigenvalue weighted by Gasteiger charge is 2.16. The number of hydrogen-bond donors (Lipinski definition) is 1. The summed E-state index contributed by atoms with van der Waals surface area (Å²) in [6.45, 7) is 11.5. The van der Waals surface area contributed by atoms with Crippen molar-refractivity contribution in [3.63, 3.8) is 0 Å². The van der Waals surface area contributed by atoms with E-state index in [1.165, 1.54) is 0 Å². The largest absolute Gasteiger partial charge is 0.459 e. The molecule has 0 radical (unpaired) electrons. The van der Waals surface area contributed by atoms with Gasteiger partial charge in [0, 0.05) is 6.04 Å². The van der Waals surface area contributed by atoms with Crippen LogP contribution in [0.4, 0.5) is 0 Å². The van der Waals surface area contributed by atoms with Gasteiger partial charge in [-0.1, -0.05) is 6.08 Å². The molecule has 0 aromatic heterocycles. The van der Waals surface area contributed by atoms with E-state index in [2.05, 4.69) is 11.9 Å². The molecule has 1 N–H and O–H groups in total. The van der Waals surface area contributed by atoms with Gasteiger partial charge in [0.05, 0.1) is 6.54 Å². The fourth-order valence-corrected chi connectivity index (χ4v) is 0.968. The molecule has 0 saturated heterocycles. The van der Waals surface area contributed by atoms with E-state index < -0.39 is 5.60 Å². The van der Waals surface area contributed by atoms with Crippen molar-refractivity contribution in [2.75, 3.05) is 6.54 Å². The molecule has 82 valence electrons. The highest BCUT2D eigenvalue weighted by molar-refractivity contribution is 5.72. The molecule has 0 aromatic carbocycles. The average Bonchev–Trinajstić information content (AvgIpc) is 1.98. The third-order valence-corrected chi connectivity index (χ3v) is 1.54. The third-order valence-electron chi connectivity index (χ3n) is 1.54. The maximum absolute atomic E-state index is 11.3. The molecule has 3 heteroatoms. The maximum atomic E-state index is 11.3. The van der Waals surface area contributed by atoms with Crippen LogP contribution in [0, 0.1) is 0 Å². The van der Waals surface area contributed by atoms with Gasteiger partial charge < -0.3 is 10.1 Å². The molecular formula is C11H21NO2. The quantitative estimate of drug-likeness (QED) is 0.542. The van der Waals surface area contributed by atoms with Crippen molar-refractivity contribution in [3.8, 4) is 0 Å². The Bertz CT molecular complexity index is 194. The topological polar surface area (TPSA) is 38.3 Å². The molecule has 0 saturated carbocycles. The first-order valence-corrected chi connectivity index (χ1v) is 4.91. The Morgan fingerprint density at radius 2 is 2.14 bits per heavy atom. The molecule has 0 aliphatic rings. The minimum absolute atomic E-state index is 0.214. The minimum atomic E-state index is -0.402. The van der Waals surface area contributed by atoms with Crippen molar-refractivity contribution in [2.45, 2.75) is 45.8 Å². The van der Waals surface area contributed by atoms with Crippen LogP contribution in [0.15, 0.2) is 12.7 Å². The summed E-state index contributed by atoms with van der Waals surface area (Å²) in [5, 5.41) is 3.06. The van der Waals surface area contributed by atoms with Gasteiger partial charge in [0.15, 0.2) is 0 Å². The number of nitrogens with one attached hydrogen (secondary N) is 1. The number of esters is 1. The van der Waals surface area contributed by atoms with Crippen molar-refractivity contribution in [1.82, 2.24) is 5.32 Å². The van der Waals surface area contributed by atoms with Gasteiger partial charge in [-0.25, -0.2) is 0 Å². The highest BCUT2D eigenvalue weighted by atomic mass is 16.6. The number of rotatable bonds is 5. The number of carbonyl (C=O) groups excluding carboxylic acids is 1. The van der Waals surface area contributed by atoms with Crippen LogP contribution in [0.3, 0.4) is 0 Å². The lowest BCUT2D eigenvalue weighted by molar-refractivity contribution is -0.153. The number of hydrogen-bond acceptors (Lipinski definition) is 3. The van der Waals surface area contributed by atoms with E-state index in [1.54, 1.807) is 0 Å². The van der Waals surface area contributed by atoms with Gasteiger partial charge in [0.2, 0.25) is 0 Å². The van der Waals surface area contributed by atoms with E-state index in [0.717, 1.165) is 6.42 Å². The van der Waals surface area contributed by atoms with Crippen LogP contribution in [-0.2, 0) is 9.53 Å². The molecule has 0 fully saturated rings. The summed E-state index contributed by atoms with van der Waals surface area (Å²) >= 11 is 0. The molecule has 0 unspecified atom stereocenters. The molecule has 1 atom stereocenters. The van der Waals surface area contributed by atoms with Gasteiger partial charge in [-0.3, -0.25) is 4.79 Å². The lowest BCUT2D eigenvalue weighted by Crippen LogP contribution is -2.35. The van der Waals surface area contributed by atoms with Crippen LogP contribution in [0.1, 0.15) is 34.1 Å². The predicted molar refractivity (Wildman–Crippen MR) is 58.1 cm³/mol. The zero-order valence-electron chi connectivity index (χ0n) is 9.59. The smallest absolute Gasteiger partial charge is 0.320 e. The summed E-state index contributed by atoms with van der Waals surface area (Å²) < 4.78 is 5.14. The monoisotopic (exact) mass is 199 g/mol. The molecule has 0 spiro atoms. The van der Waals surface area contributed by atoms with Crippen molar-refractivity contribution >= 4 is 5.97 Å². The molecule has 0 bridgehead atoms. The van der Waals surface area contributed by atoms with Gasteiger partial charge in [-0.2, -0.15) is 0 Å². The highest BCUT2D eigenvalue weighted by Crippen LogP contribution is 2.06. The van der Waals surface area contributed by atoms with E-state index in [4.69, 9.17) is 4.74 Å². The Morgan fingerprint density at radius 3 is 2.57 bits per heavy atom. The van der Waals surface area contributed by atoms with Gasteiger partial charge in [-0.15, -0.1) is 6.58 Å². The van der Waals surface area contributed by atoms with Gasteiger partial charge in [0.1, 0.15) is 5.60 Å². The summed E-state index contributed by atoms with van der Waals surface area (Å²) in [7, 11) is 0. The van der Waals surface area contributed by atoms with Crippen LogP contribution < -0.4 is 5.32 Å². The second-order valence-corrected chi connectivity index (χ2v) is 4.39. The van der Waals surface area contributed by atoms with Crippen LogP contribution >= 0.6 is 0 Å². The second kappa shape index (κ2) is 5.81. The zero-order chi connectivity index (χ0) is 11.2. The van der Waals surface area contributed by atoms with Crippen molar-refractivity contribution in [1.29, 1.82) is 0 Å². The Labute approximate surface area is 86.5 Å². The molecule has 0 aromatic rings. The van der Waals surface area contributed by atoms with Gasteiger partial charge in [-0.05, 0) is 34.1 Å². The Balaban J connectivity index is 3.69. The normalized spacial score (nSPS) is 13.4. The summed E-state index contributed by atoms with van der Waals surface area (Å²) in [5.74, 6) is -0.214. The Hall–Kier alpha value is -0.830. The van der Waals surface area contributed by atoms with Crippen molar-refractivity contribution in [3.05, 3.63) is 12.7 Å². The van der Waals surface area contributed by atoms with Gasteiger partial charge in [0.25, 0.3) is 0 Å².